The molecule has 1 N–H and O–H groups in total. The summed E-state index contributed by atoms with van der Waals surface area (Å²) in [4.78, 5) is 2.61. The van der Waals surface area contributed by atoms with Crippen LogP contribution in [0.3, 0.4) is 0 Å². The standard InChI is InChI=1S/C15H32N2O/c1-5-15(6-8-16-9-7-15)13-17(10-11-18-4)12-14(2)3/h14,16H,5-13H2,1-4H3. The number of rotatable bonds is 8. The molecule has 0 aliphatic carbocycles. The van der Waals surface area contributed by atoms with Crippen molar-refractivity contribution < 1.29 is 4.74 Å². The molecule has 0 aromatic heterocycles. The van der Waals surface area contributed by atoms with Gasteiger partial charge in [0.2, 0.25) is 0 Å². The van der Waals surface area contributed by atoms with Crippen molar-refractivity contribution in [3.63, 3.8) is 0 Å². The number of piperidine rings is 1. The van der Waals surface area contributed by atoms with Crippen LogP contribution in [-0.2, 0) is 4.74 Å². The van der Waals surface area contributed by atoms with Gasteiger partial charge >= 0.3 is 0 Å². The molecule has 1 heterocycles. The van der Waals surface area contributed by atoms with E-state index in [4.69, 9.17) is 4.74 Å². The Labute approximate surface area is 113 Å². The van der Waals surface area contributed by atoms with Crippen LogP contribution in [0.25, 0.3) is 0 Å². The number of hydrogen-bond acceptors (Lipinski definition) is 3. The smallest absolute Gasteiger partial charge is 0.0589 e. The first-order valence-corrected chi connectivity index (χ1v) is 7.54. The Morgan fingerprint density at radius 2 is 1.94 bits per heavy atom. The van der Waals surface area contributed by atoms with Crippen molar-refractivity contribution in [2.45, 2.75) is 40.0 Å². The second-order valence-corrected chi connectivity index (χ2v) is 6.23. The van der Waals surface area contributed by atoms with Crippen molar-refractivity contribution in [3.05, 3.63) is 0 Å². The molecule has 0 radical (unpaired) electrons. The minimum absolute atomic E-state index is 0.536. The Kier molecular flexibility index (Phi) is 7.20. The molecule has 3 nitrogen and oxygen atoms in total. The monoisotopic (exact) mass is 256 g/mol. The van der Waals surface area contributed by atoms with Gasteiger partial charge in [0.1, 0.15) is 0 Å². The average Bonchev–Trinajstić information content (AvgIpc) is 2.36. The zero-order chi connectivity index (χ0) is 13.4. The Morgan fingerprint density at radius 1 is 1.28 bits per heavy atom. The molecule has 1 fully saturated rings. The highest BCUT2D eigenvalue weighted by Crippen LogP contribution is 2.33. The second-order valence-electron chi connectivity index (χ2n) is 6.23. The Hall–Kier alpha value is -0.120. The van der Waals surface area contributed by atoms with E-state index in [2.05, 4.69) is 31.0 Å². The molecule has 1 rings (SSSR count). The molecule has 108 valence electrons. The maximum atomic E-state index is 5.26. The summed E-state index contributed by atoms with van der Waals surface area (Å²) in [6, 6.07) is 0. The fraction of sp³-hybridized carbons (Fsp3) is 1.00. The maximum absolute atomic E-state index is 5.26. The molecule has 18 heavy (non-hydrogen) atoms. The van der Waals surface area contributed by atoms with Gasteiger partial charge in [0.15, 0.2) is 0 Å². The van der Waals surface area contributed by atoms with Crippen molar-refractivity contribution >= 4 is 0 Å². The van der Waals surface area contributed by atoms with Crippen LogP contribution in [0.2, 0.25) is 0 Å². The van der Waals surface area contributed by atoms with Gasteiger partial charge in [-0.3, -0.25) is 0 Å². The van der Waals surface area contributed by atoms with Crippen molar-refractivity contribution in [1.29, 1.82) is 0 Å². The summed E-state index contributed by atoms with van der Waals surface area (Å²) >= 11 is 0. The molecule has 0 saturated carbocycles. The highest BCUT2D eigenvalue weighted by atomic mass is 16.5. The highest BCUT2D eigenvalue weighted by Gasteiger charge is 2.32. The van der Waals surface area contributed by atoms with Crippen LogP contribution in [0.5, 0.6) is 0 Å². The van der Waals surface area contributed by atoms with Crippen LogP contribution in [0.4, 0.5) is 0 Å². The highest BCUT2D eigenvalue weighted by molar-refractivity contribution is 4.86. The third-order valence-corrected chi connectivity index (χ3v) is 4.21. The second kappa shape index (κ2) is 8.13. The lowest BCUT2D eigenvalue weighted by molar-refractivity contribution is 0.0744. The summed E-state index contributed by atoms with van der Waals surface area (Å²) in [7, 11) is 1.80. The van der Waals surface area contributed by atoms with E-state index in [9.17, 15) is 0 Å². The minimum Gasteiger partial charge on any atom is -0.383 e. The minimum atomic E-state index is 0.536. The first kappa shape index (κ1) is 15.9. The summed E-state index contributed by atoms with van der Waals surface area (Å²) in [6.07, 6.45) is 3.95. The number of nitrogens with zero attached hydrogens (tertiary/aromatic N) is 1. The molecule has 1 saturated heterocycles. The van der Waals surface area contributed by atoms with Gasteiger partial charge in [-0.05, 0) is 43.7 Å². The zero-order valence-corrected chi connectivity index (χ0v) is 12.8. The van der Waals surface area contributed by atoms with E-state index in [-0.39, 0.29) is 0 Å². The van der Waals surface area contributed by atoms with Crippen LogP contribution < -0.4 is 5.32 Å². The SMILES string of the molecule is CCC1(CN(CCOC)CC(C)C)CCNCC1. The summed E-state index contributed by atoms with van der Waals surface area (Å²) < 4.78 is 5.26. The molecular formula is C15H32N2O. The van der Waals surface area contributed by atoms with Crippen LogP contribution in [0, 0.1) is 11.3 Å². The van der Waals surface area contributed by atoms with E-state index in [1.165, 1.54) is 45.4 Å². The third kappa shape index (κ3) is 5.25. The van der Waals surface area contributed by atoms with Crippen LogP contribution in [0.1, 0.15) is 40.0 Å². The molecule has 0 amide bonds. The van der Waals surface area contributed by atoms with E-state index in [0.717, 1.165) is 19.1 Å². The Bertz CT molecular complexity index is 213. The first-order valence-electron chi connectivity index (χ1n) is 7.54. The maximum Gasteiger partial charge on any atom is 0.0589 e. The molecule has 0 aromatic rings. The first-order chi connectivity index (χ1) is 8.62. The lowest BCUT2D eigenvalue weighted by atomic mass is 9.76. The van der Waals surface area contributed by atoms with Crippen LogP contribution in [0.15, 0.2) is 0 Å². The van der Waals surface area contributed by atoms with Crippen molar-refractivity contribution in [3.8, 4) is 0 Å². The van der Waals surface area contributed by atoms with Crippen molar-refractivity contribution in [2.75, 3.05) is 46.4 Å². The zero-order valence-electron chi connectivity index (χ0n) is 12.8. The Balaban J connectivity index is 2.54. The van der Waals surface area contributed by atoms with Gasteiger partial charge in [0.05, 0.1) is 6.61 Å². The molecule has 3 heteroatoms. The van der Waals surface area contributed by atoms with Gasteiger partial charge in [-0.15, -0.1) is 0 Å². The fourth-order valence-corrected chi connectivity index (χ4v) is 3.03. The molecule has 0 unspecified atom stereocenters. The molecule has 1 aliphatic rings. The number of methoxy groups -OCH3 is 1. The van der Waals surface area contributed by atoms with Crippen molar-refractivity contribution in [2.24, 2.45) is 11.3 Å². The average molecular weight is 256 g/mol. The van der Waals surface area contributed by atoms with E-state index in [1.807, 2.05) is 0 Å². The Morgan fingerprint density at radius 3 is 2.44 bits per heavy atom. The lowest BCUT2D eigenvalue weighted by Gasteiger charge is -2.41. The van der Waals surface area contributed by atoms with Gasteiger partial charge in [0, 0.05) is 26.7 Å². The van der Waals surface area contributed by atoms with Crippen molar-refractivity contribution in [1.82, 2.24) is 10.2 Å². The molecule has 0 spiro atoms. The normalized spacial score (nSPS) is 19.7. The van der Waals surface area contributed by atoms with E-state index >= 15 is 0 Å². The lowest BCUT2D eigenvalue weighted by Crippen LogP contribution is -2.46. The summed E-state index contributed by atoms with van der Waals surface area (Å²) in [5, 5.41) is 3.49. The van der Waals surface area contributed by atoms with E-state index < -0.39 is 0 Å². The van der Waals surface area contributed by atoms with Gasteiger partial charge < -0.3 is 15.0 Å². The largest absolute Gasteiger partial charge is 0.383 e. The van der Waals surface area contributed by atoms with E-state index in [1.54, 1.807) is 7.11 Å². The van der Waals surface area contributed by atoms with Gasteiger partial charge in [0.25, 0.3) is 0 Å². The summed E-state index contributed by atoms with van der Waals surface area (Å²) in [5.74, 6) is 0.734. The molecule has 0 aromatic carbocycles. The topological polar surface area (TPSA) is 24.5 Å². The van der Waals surface area contributed by atoms with Gasteiger partial charge in [-0.2, -0.15) is 0 Å². The number of nitrogens with one attached hydrogen (secondary N) is 1. The van der Waals surface area contributed by atoms with E-state index in [0.29, 0.717) is 5.41 Å². The predicted octanol–water partition coefficient (Wildman–Crippen LogP) is 2.37. The number of hydrogen-bond donors (Lipinski definition) is 1. The van der Waals surface area contributed by atoms with Gasteiger partial charge in [-0.25, -0.2) is 0 Å². The fourth-order valence-electron chi connectivity index (χ4n) is 3.03. The van der Waals surface area contributed by atoms with Crippen LogP contribution in [-0.4, -0.2) is 51.3 Å². The molecular weight excluding hydrogens is 224 g/mol. The molecule has 0 bridgehead atoms. The van der Waals surface area contributed by atoms with Gasteiger partial charge in [-0.1, -0.05) is 20.8 Å². The number of ether oxygens (including phenoxy) is 1. The molecule has 1 aliphatic heterocycles. The molecule has 0 atom stereocenters. The predicted molar refractivity (Wildman–Crippen MR) is 78.0 cm³/mol. The summed E-state index contributed by atoms with van der Waals surface area (Å²) in [6.45, 7) is 13.7. The summed E-state index contributed by atoms with van der Waals surface area (Å²) in [5.41, 5.74) is 0.536. The third-order valence-electron chi connectivity index (χ3n) is 4.21. The quantitative estimate of drug-likeness (QED) is 0.721. The van der Waals surface area contributed by atoms with Crippen LogP contribution >= 0.6 is 0 Å².